The van der Waals surface area contributed by atoms with Gasteiger partial charge in [0.05, 0.1) is 11.3 Å². The summed E-state index contributed by atoms with van der Waals surface area (Å²) >= 11 is 1.40. The number of benzene rings is 1. The van der Waals surface area contributed by atoms with E-state index in [9.17, 15) is 9.59 Å². The molecule has 1 heterocycles. The third kappa shape index (κ3) is 4.51. The summed E-state index contributed by atoms with van der Waals surface area (Å²) < 4.78 is 0. The first-order valence-electron chi connectivity index (χ1n) is 6.38. The zero-order chi connectivity index (χ0) is 14.2. The van der Waals surface area contributed by atoms with Gasteiger partial charge in [-0.15, -0.1) is 11.3 Å². The van der Waals surface area contributed by atoms with Gasteiger partial charge in [-0.25, -0.2) is 0 Å². The van der Waals surface area contributed by atoms with Crippen LogP contribution in [0.3, 0.4) is 0 Å². The molecule has 0 saturated heterocycles. The minimum Gasteiger partial charge on any atom is -0.354 e. The Morgan fingerprint density at radius 2 is 1.70 bits per heavy atom. The predicted octanol–water partition coefficient (Wildman–Crippen LogP) is 1.84. The van der Waals surface area contributed by atoms with Gasteiger partial charge in [-0.1, -0.05) is 36.4 Å². The fourth-order valence-electron chi connectivity index (χ4n) is 1.72. The number of carbonyl (C=O) groups is 2. The molecule has 1 aromatic carbocycles. The highest BCUT2D eigenvalue weighted by Gasteiger charge is 2.06. The Labute approximate surface area is 121 Å². The van der Waals surface area contributed by atoms with Crippen LogP contribution < -0.4 is 10.6 Å². The maximum absolute atomic E-state index is 11.7. The summed E-state index contributed by atoms with van der Waals surface area (Å²) in [7, 11) is 0. The van der Waals surface area contributed by atoms with Crippen LogP contribution in [0, 0.1) is 0 Å². The van der Waals surface area contributed by atoms with Crippen molar-refractivity contribution in [3.8, 4) is 0 Å². The van der Waals surface area contributed by atoms with Crippen molar-refractivity contribution >= 4 is 23.2 Å². The zero-order valence-electron chi connectivity index (χ0n) is 11.0. The number of amides is 2. The van der Waals surface area contributed by atoms with E-state index in [1.165, 1.54) is 11.3 Å². The molecule has 0 bridgehead atoms. The first-order valence-corrected chi connectivity index (χ1v) is 7.26. The van der Waals surface area contributed by atoms with Gasteiger partial charge in [-0.05, 0) is 17.0 Å². The van der Waals surface area contributed by atoms with Crippen LogP contribution in [0.25, 0.3) is 0 Å². The average molecular weight is 288 g/mol. The summed E-state index contributed by atoms with van der Waals surface area (Å²) in [4.78, 5) is 24.0. The molecule has 0 saturated carbocycles. The Morgan fingerprint density at radius 3 is 2.40 bits per heavy atom. The van der Waals surface area contributed by atoms with E-state index in [-0.39, 0.29) is 11.8 Å². The van der Waals surface area contributed by atoms with E-state index in [4.69, 9.17) is 0 Å². The van der Waals surface area contributed by atoms with Crippen molar-refractivity contribution in [3.63, 3.8) is 0 Å². The van der Waals surface area contributed by atoms with Crippen molar-refractivity contribution in [3.05, 3.63) is 58.3 Å². The van der Waals surface area contributed by atoms with Crippen LogP contribution in [0.15, 0.2) is 47.8 Å². The molecule has 0 atom stereocenters. The molecule has 1 aromatic heterocycles. The third-order valence-corrected chi connectivity index (χ3v) is 3.55. The smallest absolute Gasteiger partial charge is 0.261 e. The highest BCUT2D eigenvalue weighted by atomic mass is 32.1. The number of rotatable bonds is 6. The lowest BCUT2D eigenvalue weighted by molar-refractivity contribution is -0.120. The topological polar surface area (TPSA) is 58.2 Å². The molecule has 0 aliphatic carbocycles. The molecule has 5 heteroatoms. The monoisotopic (exact) mass is 288 g/mol. The average Bonchev–Trinajstić information content (AvgIpc) is 2.99. The number of hydrogen-bond acceptors (Lipinski definition) is 3. The van der Waals surface area contributed by atoms with Crippen molar-refractivity contribution in [1.82, 2.24) is 10.6 Å². The van der Waals surface area contributed by atoms with Crippen LogP contribution in [0.5, 0.6) is 0 Å². The lowest BCUT2D eigenvalue weighted by atomic mass is 10.1. The molecule has 0 aliphatic heterocycles. The van der Waals surface area contributed by atoms with Gasteiger partial charge < -0.3 is 10.6 Å². The van der Waals surface area contributed by atoms with Crippen molar-refractivity contribution in [2.45, 2.75) is 6.42 Å². The molecule has 2 aromatic rings. The molecule has 104 valence electrons. The maximum Gasteiger partial charge on any atom is 0.261 e. The summed E-state index contributed by atoms with van der Waals surface area (Å²) in [6.07, 6.45) is 0.361. The van der Waals surface area contributed by atoms with Gasteiger partial charge >= 0.3 is 0 Å². The van der Waals surface area contributed by atoms with Gasteiger partial charge in [0.15, 0.2) is 0 Å². The highest BCUT2D eigenvalue weighted by Crippen LogP contribution is 2.07. The Hall–Kier alpha value is -2.14. The molecule has 4 nitrogen and oxygen atoms in total. The second kappa shape index (κ2) is 7.45. The molecule has 0 spiro atoms. The number of thiophene rings is 1. The first-order chi connectivity index (χ1) is 9.75. The second-order valence-electron chi connectivity index (χ2n) is 4.25. The summed E-state index contributed by atoms with van der Waals surface area (Å²) in [5.74, 6) is -0.140. The van der Waals surface area contributed by atoms with Crippen molar-refractivity contribution in [2.24, 2.45) is 0 Å². The van der Waals surface area contributed by atoms with Gasteiger partial charge in [0.2, 0.25) is 5.91 Å². The Bertz CT molecular complexity index is 553. The lowest BCUT2D eigenvalue weighted by Gasteiger charge is -2.06. The van der Waals surface area contributed by atoms with Gasteiger partial charge in [-0.2, -0.15) is 0 Å². The molecular formula is C15H16N2O2S. The SMILES string of the molecule is O=C(Cc1ccccc1)NCCNC(=O)c1cccs1. The van der Waals surface area contributed by atoms with Crippen LogP contribution in [0.4, 0.5) is 0 Å². The molecule has 20 heavy (non-hydrogen) atoms. The Kier molecular flexibility index (Phi) is 5.32. The maximum atomic E-state index is 11.7. The summed E-state index contributed by atoms with van der Waals surface area (Å²) in [5, 5.41) is 7.40. The van der Waals surface area contributed by atoms with Crippen LogP contribution >= 0.6 is 11.3 Å². The van der Waals surface area contributed by atoms with E-state index in [0.29, 0.717) is 24.4 Å². The number of carbonyl (C=O) groups excluding carboxylic acids is 2. The minimum absolute atomic E-state index is 0.0402. The first kappa shape index (κ1) is 14.3. The van der Waals surface area contributed by atoms with Crippen LogP contribution in [-0.2, 0) is 11.2 Å². The van der Waals surface area contributed by atoms with Crippen molar-refractivity contribution in [1.29, 1.82) is 0 Å². The van der Waals surface area contributed by atoms with E-state index in [0.717, 1.165) is 5.56 Å². The van der Waals surface area contributed by atoms with E-state index >= 15 is 0 Å². The minimum atomic E-state index is -0.0997. The molecule has 0 unspecified atom stereocenters. The van der Waals surface area contributed by atoms with Gasteiger partial charge in [0, 0.05) is 13.1 Å². The van der Waals surface area contributed by atoms with E-state index in [1.54, 1.807) is 6.07 Å². The van der Waals surface area contributed by atoms with Crippen LogP contribution in [0.1, 0.15) is 15.2 Å². The molecule has 0 aliphatic rings. The third-order valence-electron chi connectivity index (χ3n) is 2.69. The molecule has 2 rings (SSSR count). The van der Waals surface area contributed by atoms with E-state index in [1.807, 2.05) is 41.8 Å². The normalized spacial score (nSPS) is 10.0. The molecule has 0 fully saturated rings. The summed E-state index contributed by atoms with van der Waals surface area (Å²) in [5.41, 5.74) is 0.979. The largest absolute Gasteiger partial charge is 0.354 e. The summed E-state index contributed by atoms with van der Waals surface area (Å²) in [6, 6.07) is 13.2. The Balaban J connectivity index is 1.64. The van der Waals surface area contributed by atoms with Crippen LogP contribution in [-0.4, -0.2) is 24.9 Å². The second-order valence-corrected chi connectivity index (χ2v) is 5.19. The molecule has 2 amide bonds. The van der Waals surface area contributed by atoms with E-state index < -0.39 is 0 Å². The zero-order valence-corrected chi connectivity index (χ0v) is 11.8. The standard InChI is InChI=1S/C15H16N2O2S/c18-14(11-12-5-2-1-3-6-12)16-8-9-17-15(19)13-7-4-10-20-13/h1-7,10H,8-9,11H2,(H,16,18)(H,17,19). The fraction of sp³-hybridized carbons (Fsp3) is 0.200. The predicted molar refractivity (Wildman–Crippen MR) is 79.8 cm³/mol. The number of nitrogens with one attached hydrogen (secondary N) is 2. The Morgan fingerprint density at radius 1 is 0.950 bits per heavy atom. The highest BCUT2D eigenvalue weighted by molar-refractivity contribution is 7.12. The molecule has 0 radical (unpaired) electrons. The lowest BCUT2D eigenvalue weighted by Crippen LogP contribution is -2.35. The number of hydrogen-bond donors (Lipinski definition) is 2. The van der Waals surface area contributed by atoms with Gasteiger partial charge in [0.25, 0.3) is 5.91 Å². The van der Waals surface area contributed by atoms with Gasteiger partial charge in [0.1, 0.15) is 0 Å². The quantitative estimate of drug-likeness (QED) is 0.797. The fourth-order valence-corrected chi connectivity index (χ4v) is 2.36. The van der Waals surface area contributed by atoms with E-state index in [2.05, 4.69) is 10.6 Å². The molecule has 2 N–H and O–H groups in total. The molecular weight excluding hydrogens is 272 g/mol. The summed E-state index contributed by atoms with van der Waals surface area (Å²) in [6.45, 7) is 0.861. The van der Waals surface area contributed by atoms with Crippen LogP contribution in [0.2, 0.25) is 0 Å². The van der Waals surface area contributed by atoms with Crippen molar-refractivity contribution in [2.75, 3.05) is 13.1 Å². The van der Waals surface area contributed by atoms with Gasteiger partial charge in [-0.3, -0.25) is 9.59 Å². The van der Waals surface area contributed by atoms with Crippen molar-refractivity contribution < 1.29 is 9.59 Å².